The number of halogens is 1. The molecule has 0 bridgehead atoms. The maximum atomic E-state index is 12.5. The number of carbonyl (C=O) groups is 1. The van der Waals surface area contributed by atoms with E-state index in [1.807, 2.05) is 0 Å². The van der Waals surface area contributed by atoms with E-state index in [9.17, 15) is 19.6 Å². The van der Waals surface area contributed by atoms with Crippen molar-refractivity contribution < 1.29 is 38.8 Å². The minimum Gasteiger partial charge on any atom is -0.387 e. The van der Waals surface area contributed by atoms with Crippen LogP contribution in [0, 0.1) is 0 Å². The number of hydrogen-bond donors (Lipinski definition) is 4. The van der Waals surface area contributed by atoms with Crippen LogP contribution in [0.1, 0.15) is 38.8 Å². The highest BCUT2D eigenvalue weighted by Crippen LogP contribution is 2.37. The molecule has 182 valence electrons. The number of nitrogens with zero attached hydrogens (tertiary/aromatic N) is 5. The van der Waals surface area contributed by atoms with E-state index in [0.717, 1.165) is 25.7 Å². The minimum atomic E-state index is -4.39. The molecule has 4 rings (SSSR count). The second-order valence-electron chi connectivity index (χ2n) is 8.18. The zero-order valence-electron chi connectivity index (χ0n) is 17.7. The summed E-state index contributed by atoms with van der Waals surface area (Å²) in [4.78, 5) is 40.4. The first-order valence-electron chi connectivity index (χ1n) is 10.4. The van der Waals surface area contributed by atoms with Crippen LogP contribution in [0.4, 0.5) is 5.82 Å². The highest BCUT2D eigenvalue weighted by molar-refractivity contribution is 7.51. The van der Waals surface area contributed by atoms with Crippen LogP contribution in [0.25, 0.3) is 11.0 Å². The summed E-state index contributed by atoms with van der Waals surface area (Å²) in [5.74, 6) is 0.116. The van der Waals surface area contributed by atoms with Crippen molar-refractivity contribution in [3.8, 4) is 0 Å². The Balaban J connectivity index is 1.64. The van der Waals surface area contributed by atoms with Gasteiger partial charge in [0.15, 0.2) is 17.7 Å². The summed E-state index contributed by atoms with van der Waals surface area (Å²) in [6.07, 6.45) is -0.833. The summed E-state index contributed by atoms with van der Waals surface area (Å²) in [5.41, 5.74) is 0.197. The fourth-order valence-corrected chi connectivity index (χ4v) is 4.86. The van der Waals surface area contributed by atoms with Crippen LogP contribution in [0.15, 0.2) is 6.20 Å². The summed E-state index contributed by atoms with van der Waals surface area (Å²) in [6, 6.07) is -0.0225. The zero-order valence-corrected chi connectivity index (χ0v) is 19.3. The third-order valence-electron chi connectivity index (χ3n) is 5.78. The van der Waals surface area contributed by atoms with E-state index in [1.165, 1.54) is 17.8 Å². The predicted molar refractivity (Wildman–Crippen MR) is 115 cm³/mol. The lowest BCUT2D eigenvalue weighted by Gasteiger charge is -2.27. The molecule has 0 aromatic carbocycles. The van der Waals surface area contributed by atoms with Gasteiger partial charge >= 0.3 is 7.60 Å². The third-order valence-corrected chi connectivity index (χ3v) is 6.47. The first kappa shape index (κ1) is 24.4. The molecule has 3 heterocycles. The molecule has 1 saturated carbocycles. The van der Waals surface area contributed by atoms with Gasteiger partial charge in [0.25, 0.3) is 0 Å². The average Bonchev–Trinajstić information content (AvgIpc) is 3.44. The van der Waals surface area contributed by atoms with Crippen LogP contribution in [0.2, 0.25) is 5.28 Å². The number of aliphatic hydroxyl groups is 2. The number of carbonyl (C=O) groups excluding carboxylic acids is 1. The van der Waals surface area contributed by atoms with Gasteiger partial charge in [0, 0.05) is 13.0 Å². The Labute approximate surface area is 193 Å². The van der Waals surface area contributed by atoms with Crippen molar-refractivity contribution in [1.82, 2.24) is 19.7 Å². The second-order valence-corrected chi connectivity index (χ2v) is 10.1. The molecule has 0 unspecified atom stereocenters. The first-order valence-corrected chi connectivity index (χ1v) is 12.6. The fourth-order valence-electron chi connectivity index (χ4n) is 4.35. The van der Waals surface area contributed by atoms with Crippen molar-refractivity contribution in [3.05, 3.63) is 11.5 Å². The Morgan fingerprint density at radius 1 is 1.30 bits per heavy atom. The molecular weight excluding hydrogens is 481 g/mol. The predicted octanol–water partition coefficient (Wildman–Crippen LogP) is 0.546. The van der Waals surface area contributed by atoms with Gasteiger partial charge in [-0.15, -0.1) is 0 Å². The van der Waals surface area contributed by atoms with Crippen molar-refractivity contribution in [3.63, 3.8) is 0 Å². The molecule has 4 N–H and O–H groups in total. The molecule has 4 atom stereocenters. The van der Waals surface area contributed by atoms with Crippen molar-refractivity contribution in [2.75, 3.05) is 17.9 Å². The van der Waals surface area contributed by atoms with Gasteiger partial charge in [0.05, 0.1) is 18.2 Å². The summed E-state index contributed by atoms with van der Waals surface area (Å²) < 4.78 is 22.8. The molecule has 2 aromatic heterocycles. The van der Waals surface area contributed by atoms with E-state index in [2.05, 4.69) is 15.1 Å². The normalized spacial score (nSPS) is 26.4. The summed E-state index contributed by atoms with van der Waals surface area (Å²) >= 11 is 6.17. The highest BCUT2D eigenvalue weighted by Gasteiger charge is 2.45. The molecule has 15 heteroatoms. The van der Waals surface area contributed by atoms with E-state index in [-0.39, 0.29) is 29.5 Å². The number of ether oxygens (including phenoxy) is 2. The molecule has 33 heavy (non-hydrogen) atoms. The molecule has 0 spiro atoms. The van der Waals surface area contributed by atoms with Gasteiger partial charge in [0.1, 0.15) is 24.7 Å². The second kappa shape index (κ2) is 9.51. The number of anilines is 1. The van der Waals surface area contributed by atoms with E-state index in [4.69, 9.17) is 30.9 Å². The van der Waals surface area contributed by atoms with Gasteiger partial charge in [-0.25, -0.2) is 4.68 Å². The fraction of sp³-hybridized carbons (Fsp3) is 0.667. The molecule has 13 nitrogen and oxygen atoms in total. The smallest absolute Gasteiger partial charge is 0.350 e. The number of hydrogen-bond acceptors (Lipinski definition) is 9. The molecule has 1 aliphatic heterocycles. The van der Waals surface area contributed by atoms with E-state index in [1.54, 1.807) is 4.90 Å². The highest BCUT2D eigenvalue weighted by atomic mass is 35.5. The maximum Gasteiger partial charge on any atom is 0.350 e. The average molecular weight is 506 g/mol. The van der Waals surface area contributed by atoms with Gasteiger partial charge in [-0.2, -0.15) is 15.1 Å². The lowest BCUT2D eigenvalue weighted by molar-refractivity contribution is -0.117. The molecule has 1 saturated heterocycles. The first-order chi connectivity index (χ1) is 15.6. The Hall–Kier alpha value is -1.70. The molecule has 2 fully saturated rings. The van der Waals surface area contributed by atoms with E-state index >= 15 is 0 Å². The Morgan fingerprint density at radius 3 is 2.64 bits per heavy atom. The van der Waals surface area contributed by atoms with E-state index < -0.39 is 38.5 Å². The lowest BCUT2D eigenvalue weighted by atomic mass is 10.1. The Bertz CT molecular complexity index is 1070. The van der Waals surface area contributed by atoms with Crippen LogP contribution in [0.5, 0.6) is 0 Å². The van der Waals surface area contributed by atoms with Crippen molar-refractivity contribution in [1.29, 1.82) is 0 Å². The number of amides is 1. The van der Waals surface area contributed by atoms with Crippen LogP contribution in [0.3, 0.4) is 0 Å². The van der Waals surface area contributed by atoms with Gasteiger partial charge in [0.2, 0.25) is 11.2 Å². The number of fused-ring (bicyclic) bond motifs is 1. The monoisotopic (exact) mass is 505 g/mol. The third kappa shape index (κ3) is 5.05. The zero-order chi connectivity index (χ0) is 23.9. The largest absolute Gasteiger partial charge is 0.387 e. The SMILES string of the molecule is CC(=O)N(c1nc(Cl)nc2c1cnn2[C@@H]1O[C@H](COCP(=O)(O)O)[C@@H](O)[C@H]1O)C1CCCC1. The van der Waals surface area contributed by atoms with E-state index in [0.29, 0.717) is 11.2 Å². The van der Waals surface area contributed by atoms with Crippen molar-refractivity contribution >= 4 is 42.0 Å². The number of aliphatic hydroxyl groups excluding tert-OH is 2. The van der Waals surface area contributed by atoms with Gasteiger partial charge < -0.3 is 29.5 Å². The molecule has 2 aromatic rings. The number of aromatic nitrogens is 4. The number of rotatable bonds is 7. The Kier molecular flexibility index (Phi) is 7.04. The summed E-state index contributed by atoms with van der Waals surface area (Å²) in [7, 11) is -4.39. The van der Waals surface area contributed by atoms with Gasteiger partial charge in [-0.1, -0.05) is 12.8 Å². The van der Waals surface area contributed by atoms with Crippen molar-refractivity contribution in [2.45, 2.75) is 63.2 Å². The quantitative estimate of drug-likeness (QED) is 0.304. The van der Waals surface area contributed by atoms with Crippen LogP contribution >= 0.6 is 19.2 Å². The standard InChI is InChI=1S/C18H25ClN5O8P/c1-9(25)23(10-4-2-3-5-10)15-11-6-20-24(16(11)22-18(19)21-15)17-14(27)13(26)12(32-17)7-31-8-33(28,29)30/h6,10,12-14,17,26-27H,2-5,7-8H2,1H3,(H2,28,29,30)/t12-,13-,14-,17-/m1/s1. The summed E-state index contributed by atoms with van der Waals surface area (Å²) in [5, 5.41) is 25.4. The minimum absolute atomic E-state index is 0.0225. The van der Waals surface area contributed by atoms with Gasteiger partial charge in [-0.05, 0) is 24.4 Å². The Morgan fingerprint density at radius 2 is 2.00 bits per heavy atom. The van der Waals surface area contributed by atoms with Crippen LogP contribution < -0.4 is 4.90 Å². The molecule has 1 amide bonds. The van der Waals surface area contributed by atoms with Gasteiger partial charge in [-0.3, -0.25) is 14.3 Å². The summed E-state index contributed by atoms with van der Waals surface area (Å²) in [6.45, 7) is 1.09. The van der Waals surface area contributed by atoms with Crippen LogP contribution in [-0.4, -0.2) is 83.0 Å². The molecule has 1 aliphatic carbocycles. The topological polar surface area (TPSA) is 180 Å². The molecule has 2 aliphatic rings. The lowest BCUT2D eigenvalue weighted by Crippen LogP contribution is -2.38. The molecular formula is C18H25ClN5O8P. The maximum absolute atomic E-state index is 12.5. The van der Waals surface area contributed by atoms with Crippen LogP contribution in [-0.2, 0) is 18.8 Å². The van der Waals surface area contributed by atoms with Crippen molar-refractivity contribution in [2.24, 2.45) is 0 Å². The molecule has 0 radical (unpaired) electrons.